The molecule has 2 rings (SSSR count). The van der Waals surface area contributed by atoms with Crippen molar-refractivity contribution in [1.82, 2.24) is 10.3 Å². The first-order valence-electron chi connectivity index (χ1n) is 6.96. The molecule has 0 aliphatic heterocycles. The van der Waals surface area contributed by atoms with Crippen LogP contribution in [0.4, 0.5) is 0 Å². The largest absolute Gasteiger partial charge is 0.480 e. The van der Waals surface area contributed by atoms with E-state index in [9.17, 15) is 9.90 Å². The lowest BCUT2D eigenvalue weighted by molar-refractivity contribution is -0.144. The van der Waals surface area contributed by atoms with Gasteiger partial charge in [0, 0.05) is 5.75 Å². The SMILES string of the molecule is CNC(C)(CCCCSc1nc2ccccc2s1)C(=O)O. The molecule has 1 aromatic carbocycles. The highest BCUT2D eigenvalue weighted by Crippen LogP contribution is 2.30. The van der Waals surface area contributed by atoms with Gasteiger partial charge in [-0.15, -0.1) is 11.3 Å². The molecule has 114 valence electrons. The number of hydrogen-bond donors (Lipinski definition) is 2. The van der Waals surface area contributed by atoms with Crippen LogP contribution < -0.4 is 5.32 Å². The summed E-state index contributed by atoms with van der Waals surface area (Å²) in [6, 6.07) is 8.14. The van der Waals surface area contributed by atoms with Crippen molar-refractivity contribution in [1.29, 1.82) is 0 Å². The molecule has 0 spiro atoms. The minimum Gasteiger partial charge on any atom is -0.480 e. The Balaban J connectivity index is 1.76. The van der Waals surface area contributed by atoms with Crippen molar-refractivity contribution >= 4 is 39.3 Å². The summed E-state index contributed by atoms with van der Waals surface area (Å²) in [7, 11) is 1.70. The molecule has 1 heterocycles. The summed E-state index contributed by atoms with van der Waals surface area (Å²) < 4.78 is 2.31. The number of carboxylic acid groups (broad SMARTS) is 1. The summed E-state index contributed by atoms with van der Waals surface area (Å²) >= 11 is 3.47. The maximum Gasteiger partial charge on any atom is 0.323 e. The molecule has 0 aliphatic rings. The Hall–Kier alpha value is -1.11. The monoisotopic (exact) mass is 324 g/mol. The zero-order valence-electron chi connectivity index (χ0n) is 12.3. The molecule has 0 saturated heterocycles. The van der Waals surface area contributed by atoms with Crippen LogP contribution in [-0.4, -0.2) is 34.4 Å². The zero-order chi connectivity index (χ0) is 15.3. The second kappa shape index (κ2) is 7.24. The van der Waals surface area contributed by atoms with Crippen LogP contribution in [0, 0.1) is 0 Å². The van der Waals surface area contributed by atoms with Crippen LogP contribution in [0.3, 0.4) is 0 Å². The van der Waals surface area contributed by atoms with E-state index in [2.05, 4.69) is 16.4 Å². The Kier molecular flexibility index (Phi) is 5.61. The number of rotatable bonds is 8. The fraction of sp³-hybridized carbons (Fsp3) is 0.467. The third-order valence-electron chi connectivity index (χ3n) is 3.59. The number of para-hydroxylation sites is 1. The summed E-state index contributed by atoms with van der Waals surface area (Å²) in [6.07, 6.45) is 2.52. The topological polar surface area (TPSA) is 62.2 Å². The number of benzene rings is 1. The van der Waals surface area contributed by atoms with Gasteiger partial charge >= 0.3 is 5.97 Å². The lowest BCUT2D eigenvalue weighted by Crippen LogP contribution is -2.47. The molecule has 0 fully saturated rings. The molecule has 21 heavy (non-hydrogen) atoms. The smallest absolute Gasteiger partial charge is 0.323 e. The minimum atomic E-state index is -0.819. The molecule has 2 N–H and O–H groups in total. The highest BCUT2D eigenvalue weighted by molar-refractivity contribution is 8.01. The number of unbranched alkanes of at least 4 members (excludes halogenated alkanes) is 1. The van der Waals surface area contributed by atoms with Gasteiger partial charge in [0.2, 0.25) is 0 Å². The number of nitrogens with one attached hydrogen (secondary N) is 1. The van der Waals surface area contributed by atoms with E-state index in [-0.39, 0.29) is 0 Å². The lowest BCUT2D eigenvalue weighted by atomic mass is 9.95. The van der Waals surface area contributed by atoms with Crippen LogP contribution in [0.15, 0.2) is 28.6 Å². The second-order valence-corrected chi connectivity index (χ2v) is 7.51. The van der Waals surface area contributed by atoms with Crippen LogP contribution in [0.5, 0.6) is 0 Å². The first kappa shape index (κ1) is 16.3. The molecule has 0 saturated carbocycles. The Bertz CT molecular complexity index is 581. The summed E-state index contributed by atoms with van der Waals surface area (Å²) in [5.41, 5.74) is 0.235. The molecule has 0 radical (unpaired) electrons. The standard InChI is InChI=1S/C15H20N2O2S2/c1-15(16-2,13(18)19)9-5-6-10-20-14-17-11-7-3-4-8-12(11)21-14/h3-4,7-8,16H,5-6,9-10H2,1-2H3,(H,18,19). The van der Waals surface area contributed by atoms with Gasteiger partial charge in [-0.25, -0.2) is 4.98 Å². The highest BCUT2D eigenvalue weighted by Gasteiger charge is 2.29. The maximum atomic E-state index is 11.2. The van der Waals surface area contributed by atoms with E-state index in [1.807, 2.05) is 18.2 Å². The Morgan fingerprint density at radius 3 is 2.86 bits per heavy atom. The number of carbonyl (C=O) groups is 1. The molecule has 1 unspecified atom stereocenters. The van der Waals surface area contributed by atoms with Crippen LogP contribution in [-0.2, 0) is 4.79 Å². The van der Waals surface area contributed by atoms with E-state index < -0.39 is 11.5 Å². The van der Waals surface area contributed by atoms with Gasteiger partial charge in [-0.05, 0) is 38.9 Å². The van der Waals surface area contributed by atoms with Crippen LogP contribution in [0.2, 0.25) is 0 Å². The van der Waals surface area contributed by atoms with Gasteiger partial charge in [0.15, 0.2) is 4.34 Å². The first-order chi connectivity index (χ1) is 10.0. The number of nitrogens with zero attached hydrogens (tertiary/aromatic N) is 1. The van der Waals surface area contributed by atoms with E-state index in [0.29, 0.717) is 6.42 Å². The number of carboxylic acids is 1. The molecule has 6 heteroatoms. The quantitative estimate of drug-likeness (QED) is 0.573. The molecule has 0 amide bonds. The van der Waals surface area contributed by atoms with E-state index in [0.717, 1.165) is 28.5 Å². The van der Waals surface area contributed by atoms with Gasteiger partial charge in [0.1, 0.15) is 5.54 Å². The van der Waals surface area contributed by atoms with Crippen molar-refractivity contribution in [2.45, 2.75) is 36.1 Å². The summed E-state index contributed by atoms with van der Waals surface area (Å²) in [5.74, 6) is 0.183. The van der Waals surface area contributed by atoms with Crippen molar-refractivity contribution in [3.05, 3.63) is 24.3 Å². The number of likely N-dealkylation sites (N-methyl/N-ethyl adjacent to an activating group) is 1. The fourth-order valence-corrected chi connectivity index (χ4v) is 4.13. The number of aliphatic carboxylic acids is 1. The van der Waals surface area contributed by atoms with Gasteiger partial charge in [0.25, 0.3) is 0 Å². The third-order valence-corrected chi connectivity index (χ3v) is 5.86. The molecule has 0 aliphatic carbocycles. The van der Waals surface area contributed by atoms with Gasteiger partial charge < -0.3 is 10.4 Å². The van der Waals surface area contributed by atoms with E-state index >= 15 is 0 Å². The van der Waals surface area contributed by atoms with Gasteiger partial charge in [-0.2, -0.15) is 0 Å². The fourth-order valence-electron chi connectivity index (χ4n) is 1.99. The van der Waals surface area contributed by atoms with Gasteiger partial charge in [-0.1, -0.05) is 30.3 Å². The van der Waals surface area contributed by atoms with E-state index in [1.165, 1.54) is 4.70 Å². The summed E-state index contributed by atoms with van der Waals surface area (Å²) in [6.45, 7) is 1.73. The van der Waals surface area contributed by atoms with Crippen LogP contribution in [0.1, 0.15) is 26.2 Å². The van der Waals surface area contributed by atoms with Crippen molar-refractivity contribution in [2.75, 3.05) is 12.8 Å². The summed E-state index contributed by atoms with van der Waals surface area (Å²) in [5, 5.41) is 12.1. The van der Waals surface area contributed by atoms with E-state index in [1.54, 1.807) is 37.1 Å². The zero-order valence-corrected chi connectivity index (χ0v) is 13.9. The predicted octanol–water partition coefficient (Wildman–Crippen LogP) is 3.62. The molecule has 1 aromatic heterocycles. The number of aromatic nitrogens is 1. The third kappa shape index (κ3) is 4.18. The van der Waals surface area contributed by atoms with Crippen LogP contribution in [0.25, 0.3) is 10.2 Å². The average Bonchev–Trinajstić information content (AvgIpc) is 2.89. The molecule has 2 aromatic rings. The van der Waals surface area contributed by atoms with Crippen molar-refractivity contribution < 1.29 is 9.90 Å². The average molecular weight is 324 g/mol. The molecule has 1 atom stereocenters. The van der Waals surface area contributed by atoms with Crippen molar-refractivity contribution in [3.8, 4) is 0 Å². The normalized spacial score (nSPS) is 14.2. The van der Waals surface area contributed by atoms with Gasteiger partial charge in [-0.3, -0.25) is 4.79 Å². The number of hydrogen-bond acceptors (Lipinski definition) is 5. The second-order valence-electron chi connectivity index (χ2n) is 5.14. The maximum absolute atomic E-state index is 11.2. The van der Waals surface area contributed by atoms with Gasteiger partial charge in [0.05, 0.1) is 10.2 Å². The Labute approximate surface area is 133 Å². The molecular weight excluding hydrogens is 304 g/mol. The van der Waals surface area contributed by atoms with E-state index in [4.69, 9.17) is 0 Å². The number of thiazole rings is 1. The lowest BCUT2D eigenvalue weighted by Gasteiger charge is -2.23. The van der Waals surface area contributed by atoms with Crippen molar-refractivity contribution in [3.63, 3.8) is 0 Å². The number of thioether (sulfide) groups is 1. The minimum absolute atomic E-state index is 0.638. The predicted molar refractivity (Wildman–Crippen MR) is 89.3 cm³/mol. The molecule has 4 nitrogen and oxygen atoms in total. The van der Waals surface area contributed by atoms with Crippen molar-refractivity contribution in [2.24, 2.45) is 0 Å². The Morgan fingerprint density at radius 2 is 2.19 bits per heavy atom. The first-order valence-corrected chi connectivity index (χ1v) is 8.76. The Morgan fingerprint density at radius 1 is 1.43 bits per heavy atom. The highest BCUT2D eigenvalue weighted by atomic mass is 32.2. The summed E-state index contributed by atoms with van der Waals surface area (Å²) in [4.78, 5) is 15.7. The molecule has 0 bridgehead atoms. The van der Waals surface area contributed by atoms with Crippen LogP contribution >= 0.6 is 23.1 Å². The number of fused-ring (bicyclic) bond motifs is 1. The molecular formula is C15H20N2O2S2.